The van der Waals surface area contributed by atoms with E-state index in [2.05, 4.69) is 10.2 Å². The van der Waals surface area contributed by atoms with Gasteiger partial charge in [0.2, 0.25) is 0 Å². The van der Waals surface area contributed by atoms with Crippen LogP contribution in [-0.4, -0.2) is 47.3 Å². The molecular weight excluding hydrogens is 258 g/mol. The van der Waals surface area contributed by atoms with Crippen molar-refractivity contribution in [1.82, 2.24) is 15.1 Å². The number of furan rings is 1. The van der Waals surface area contributed by atoms with Gasteiger partial charge in [-0.05, 0) is 25.0 Å². The number of hydrogen-bond donors (Lipinski definition) is 1. The Balaban J connectivity index is 1.75. The van der Waals surface area contributed by atoms with Crippen LogP contribution in [0.2, 0.25) is 0 Å². The first kappa shape index (κ1) is 12.9. The molecule has 0 saturated heterocycles. The topological polar surface area (TPSA) is 71.4 Å². The molecule has 1 fully saturated rings. The fourth-order valence-electron chi connectivity index (χ4n) is 2.16. The standard InChI is InChI=1S/C14H17N3O3/c1-19-8-6-17(10-4-5-10)14(18)12-9-11(15-16-12)13-3-2-7-20-13/h2-3,7,9-10H,4-6,8H2,1H3,(H,15,16). The molecule has 1 aliphatic carbocycles. The molecule has 1 saturated carbocycles. The summed E-state index contributed by atoms with van der Waals surface area (Å²) in [5.74, 6) is 0.616. The second kappa shape index (κ2) is 5.50. The fourth-order valence-corrected chi connectivity index (χ4v) is 2.16. The maximum absolute atomic E-state index is 12.5. The van der Waals surface area contributed by atoms with E-state index in [1.165, 1.54) is 0 Å². The van der Waals surface area contributed by atoms with Gasteiger partial charge in [-0.15, -0.1) is 0 Å². The molecule has 0 aliphatic heterocycles. The number of carbonyl (C=O) groups is 1. The lowest BCUT2D eigenvalue weighted by Gasteiger charge is -2.20. The smallest absolute Gasteiger partial charge is 0.274 e. The first-order chi connectivity index (χ1) is 9.79. The van der Waals surface area contributed by atoms with E-state index >= 15 is 0 Å². The summed E-state index contributed by atoms with van der Waals surface area (Å²) in [5.41, 5.74) is 1.13. The normalized spacial score (nSPS) is 14.4. The number of aromatic nitrogens is 2. The van der Waals surface area contributed by atoms with E-state index in [4.69, 9.17) is 9.15 Å². The number of nitrogens with one attached hydrogen (secondary N) is 1. The van der Waals surface area contributed by atoms with Crippen molar-refractivity contribution >= 4 is 5.91 Å². The summed E-state index contributed by atoms with van der Waals surface area (Å²) in [6.45, 7) is 1.14. The SMILES string of the molecule is COCCN(C(=O)c1cc(-c2ccco2)[nH]n1)C1CC1. The number of methoxy groups -OCH3 is 1. The van der Waals surface area contributed by atoms with Gasteiger partial charge in [0.15, 0.2) is 11.5 Å². The Bertz CT molecular complexity index is 572. The molecular formula is C14H17N3O3. The number of rotatable bonds is 6. The van der Waals surface area contributed by atoms with Gasteiger partial charge in [0.25, 0.3) is 5.91 Å². The molecule has 0 radical (unpaired) electrons. The number of aromatic amines is 1. The van der Waals surface area contributed by atoms with Crippen LogP contribution in [0.15, 0.2) is 28.9 Å². The first-order valence-corrected chi connectivity index (χ1v) is 6.69. The van der Waals surface area contributed by atoms with Crippen LogP contribution in [0.4, 0.5) is 0 Å². The lowest BCUT2D eigenvalue weighted by Crippen LogP contribution is -2.36. The van der Waals surface area contributed by atoms with Crippen LogP contribution >= 0.6 is 0 Å². The van der Waals surface area contributed by atoms with Crippen molar-refractivity contribution in [1.29, 1.82) is 0 Å². The average Bonchev–Trinajstić information content (AvgIpc) is 2.97. The summed E-state index contributed by atoms with van der Waals surface area (Å²) in [6.07, 6.45) is 3.71. The summed E-state index contributed by atoms with van der Waals surface area (Å²) < 4.78 is 10.3. The second-order valence-electron chi connectivity index (χ2n) is 4.87. The van der Waals surface area contributed by atoms with Gasteiger partial charge in [-0.3, -0.25) is 9.89 Å². The van der Waals surface area contributed by atoms with E-state index in [1.807, 2.05) is 11.0 Å². The molecule has 1 N–H and O–H groups in total. The largest absolute Gasteiger partial charge is 0.463 e. The molecule has 0 bridgehead atoms. The Labute approximate surface area is 116 Å². The minimum absolute atomic E-state index is 0.0568. The van der Waals surface area contributed by atoms with Crippen molar-refractivity contribution in [2.45, 2.75) is 18.9 Å². The highest BCUT2D eigenvalue weighted by Crippen LogP contribution is 2.28. The molecule has 0 aromatic carbocycles. The van der Waals surface area contributed by atoms with Crippen LogP contribution in [0.5, 0.6) is 0 Å². The molecule has 2 heterocycles. The molecule has 106 valence electrons. The monoisotopic (exact) mass is 275 g/mol. The van der Waals surface area contributed by atoms with Crippen LogP contribution in [0.3, 0.4) is 0 Å². The lowest BCUT2D eigenvalue weighted by atomic mass is 10.2. The number of H-pyrrole nitrogens is 1. The molecule has 6 heteroatoms. The third-order valence-electron chi connectivity index (χ3n) is 3.37. The maximum atomic E-state index is 12.5. The summed E-state index contributed by atoms with van der Waals surface area (Å²) >= 11 is 0. The predicted octanol–water partition coefficient (Wildman–Crippen LogP) is 1.92. The molecule has 1 aliphatic rings. The number of amides is 1. The van der Waals surface area contributed by atoms with E-state index < -0.39 is 0 Å². The quantitative estimate of drug-likeness (QED) is 0.874. The highest BCUT2D eigenvalue weighted by molar-refractivity contribution is 5.93. The molecule has 2 aromatic heterocycles. The third kappa shape index (κ3) is 2.60. The molecule has 2 aromatic rings. The molecule has 0 atom stereocenters. The molecule has 20 heavy (non-hydrogen) atoms. The molecule has 0 unspecified atom stereocenters. The van der Waals surface area contributed by atoms with Gasteiger partial charge in [-0.2, -0.15) is 5.10 Å². The van der Waals surface area contributed by atoms with Crippen molar-refractivity contribution in [3.63, 3.8) is 0 Å². The highest BCUT2D eigenvalue weighted by atomic mass is 16.5. The van der Waals surface area contributed by atoms with E-state index in [9.17, 15) is 4.79 Å². The van der Waals surface area contributed by atoms with Crippen molar-refractivity contribution in [2.24, 2.45) is 0 Å². The zero-order valence-electron chi connectivity index (χ0n) is 11.3. The van der Waals surface area contributed by atoms with Gasteiger partial charge in [-0.1, -0.05) is 0 Å². The van der Waals surface area contributed by atoms with Crippen molar-refractivity contribution in [2.75, 3.05) is 20.3 Å². The fraction of sp³-hybridized carbons (Fsp3) is 0.429. The first-order valence-electron chi connectivity index (χ1n) is 6.69. The Kier molecular flexibility index (Phi) is 3.56. The van der Waals surface area contributed by atoms with Gasteiger partial charge in [0.05, 0.1) is 12.9 Å². The van der Waals surface area contributed by atoms with Gasteiger partial charge in [0.1, 0.15) is 5.69 Å². The zero-order chi connectivity index (χ0) is 13.9. The Hall–Kier alpha value is -2.08. The summed E-state index contributed by atoms with van der Waals surface area (Å²) in [7, 11) is 1.64. The summed E-state index contributed by atoms with van der Waals surface area (Å²) in [4.78, 5) is 14.3. The van der Waals surface area contributed by atoms with Crippen LogP contribution in [0.25, 0.3) is 11.5 Å². The van der Waals surface area contributed by atoms with E-state index in [-0.39, 0.29) is 5.91 Å². The van der Waals surface area contributed by atoms with E-state index in [1.54, 1.807) is 25.5 Å². The Morgan fingerprint density at radius 3 is 3.10 bits per heavy atom. The Morgan fingerprint density at radius 2 is 2.45 bits per heavy atom. The predicted molar refractivity (Wildman–Crippen MR) is 72.2 cm³/mol. The van der Waals surface area contributed by atoms with Crippen LogP contribution in [0, 0.1) is 0 Å². The number of hydrogen-bond acceptors (Lipinski definition) is 4. The van der Waals surface area contributed by atoms with Gasteiger partial charge in [0, 0.05) is 25.8 Å². The zero-order valence-corrected chi connectivity index (χ0v) is 11.3. The highest BCUT2D eigenvalue weighted by Gasteiger charge is 2.33. The van der Waals surface area contributed by atoms with Gasteiger partial charge in [-0.25, -0.2) is 0 Å². The summed E-state index contributed by atoms with van der Waals surface area (Å²) in [6, 6.07) is 5.68. The maximum Gasteiger partial charge on any atom is 0.274 e. The van der Waals surface area contributed by atoms with Crippen molar-refractivity contribution in [3.05, 3.63) is 30.2 Å². The van der Waals surface area contributed by atoms with Crippen LogP contribution < -0.4 is 0 Å². The van der Waals surface area contributed by atoms with Gasteiger partial charge >= 0.3 is 0 Å². The number of ether oxygens (including phenoxy) is 1. The van der Waals surface area contributed by atoms with E-state index in [0.29, 0.717) is 36.3 Å². The van der Waals surface area contributed by atoms with Crippen molar-refractivity contribution < 1.29 is 13.9 Å². The minimum atomic E-state index is -0.0568. The average molecular weight is 275 g/mol. The Morgan fingerprint density at radius 1 is 1.60 bits per heavy atom. The molecule has 3 rings (SSSR count). The lowest BCUT2D eigenvalue weighted by molar-refractivity contribution is 0.0674. The minimum Gasteiger partial charge on any atom is -0.463 e. The summed E-state index contributed by atoms with van der Waals surface area (Å²) in [5, 5.41) is 6.93. The van der Waals surface area contributed by atoms with Gasteiger partial charge < -0.3 is 14.1 Å². The van der Waals surface area contributed by atoms with Crippen molar-refractivity contribution in [3.8, 4) is 11.5 Å². The molecule has 6 nitrogen and oxygen atoms in total. The third-order valence-corrected chi connectivity index (χ3v) is 3.37. The van der Waals surface area contributed by atoms with Crippen LogP contribution in [0.1, 0.15) is 23.3 Å². The van der Waals surface area contributed by atoms with E-state index in [0.717, 1.165) is 12.8 Å². The number of nitrogens with zero attached hydrogens (tertiary/aromatic N) is 2. The second-order valence-corrected chi connectivity index (χ2v) is 4.87. The molecule has 0 spiro atoms. The van der Waals surface area contributed by atoms with Crippen LogP contribution in [-0.2, 0) is 4.74 Å². The number of carbonyl (C=O) groups excluding carboxylic acids is 1. The molecule has 1 amide bonds.